The number of carboxylic acids is 1. The minimum absolute atomic E-state index is 0.200. The van der Waals surface area contributed by atoms with Gasteiger partial charge in [-0.3, -0.25) is 4.79 Å². The maximum Gasteiger partial charge on any atom is 0.331 e. The summed E-state index contributed by atoms with van der Waals surface area (Å²) in [6.45, 7) is 1.72. The minimum atomic E-state index is -1.01. The van der Waals surface area contributed by atoms with Crippen molar-refractivity contribution in [2.45, 2.75) is 38.1 Å². The minimum Gasteiger partial charge on any atom is -0.478 e. The number of carboxylic acid groups (broad SMARTS) is 1. The molecule has 3 atom stereocenters. The van der Waals surface area contributed by atoms with Crippen LogP contribution in [0.5, 0.6) is 0 Å². The van der Waals surface area contributed by atoms with Crippen LogP contribution in [0.15, 0.2) is 42.0 Å². The third kappa shape index (κ3) is 4.16. The molecule has 1 aliphatic rings. The first-order valence-corrected chi connectivity index (χ1v) is 7.09. The summed E-state index contributed by atoms with van der Waals surface area (Å²) in [5.41, 5.74) is 7.20. The van der Waals surface area contributed by atoms with Crippen molar-refractivity contribution in [1.29, 1.82) is 0 Å². The van der Waals surface area contributed by atoms with E-state index in [4.69, 9.17) is 15.6 Å². The largest absolute Gasteiger partial charge is 0.478 e. The quantitative estimate of drug-likeness (QED) is 0.747. The number of nitrogens with one attached hydrogen (secondary N) is 1. The lowest BCUT2D eigenvalue weighted by molar-refractivity contribution is -0.133. The first kappa shape index (κ1) is 16.2. The Morgan fingerprint density at radius 1 is 1.36 bits per heavy atom. The van der Waals surface area contributed by atoms with E-state index in [0.717, 1.165) is 5.56 Å². The molecule has 2 rings (SSSR count). The van der Waals surface area contributed by atoms with Gasteiger partial charge in [-0.1, -0.05) is 30.3 Å². The van der Waals surface area contributed by atoms with E-state index in [9.17, 15) is 9.59 Å². The Morgan fingerprint density at radius 2 is 2.05 bits per heavy atom. The highest BCUT2D eigenvalue weighted by molar-refractivity contribution is 5.87. The second-order valence-corrected chi connectivity index (χ2v) is 5.35. The predicted molar refractivity (Wildman–Crippen MR) is 80.9 cm³/mol. The highest BCUT2D eigenvalue weighted by atomic mass is 16.5. The first-order valence-electron chi connectivity index (χ1n) is 7.09. The molecule has 0 bridgehead atoms. The standard InChI is InChI=1S/C16H20N2O4/c1-10(19)18-15-13(17)7-12(16(20)21)8-14(15)22-9-11-5-3-2-4-6-11/h2-6,8,13-15H,7,9,17H2,1H3,(H,18,19)(H,20,21)/t13-,14+,15+/m0/s1. The number of hydrogen-bond acceptors (Lipinski definition) is 4. The van der Waals surface area contributed by atoms with E-state index in [1.54, 1.807) is 0 Å². The van der Waals surface area contributed by atoms with Crippen molar-refractivity contribution < 1.29 is 19.4 Å². The van der Waals surface area contributed by atoms with E-state index < -0.39 is 24.2 Å². The molecule has 4 N–H and O–H groups in total. The van der Waals surface area contributed by atoms with Crippen LogP contribution in [0, 0.1) is 0 Å². The average Bonchev–Trinajstić information content (AvgIpc) is 2.48. The zero-order chi connectivity index (χ0) is 16.1. The van der Waals surface area contributed by atoms with Crippen molar-refractivity contribution in [3.8, 4) is 0 Å². The fourth-order valence-electron chi connectivity index (χ4n) is 2.50. The van der Waals surface area contributed by atoms with Gasteiger partial charge in [-0.25, -0.2) is 4.79 Å². The molecular formula is C16H20N2O4. The molecule has 6 nitrogen and oxygen atoms in total. The van der Waals surface area contributed by atoms with Gasteiger partial charge in [0.2, 0.25) is 5.91 Å². The maximum absolute atomic E-state index is 11.3. The number of amides is 1. The Kier molecular flexibility index (Phi) is 5.30. The molecule has 1 aromatic carbocycles. The molecule has 6 heteroatoms. The van der Waals surface area contributed by atoms with Gasteiger partial charge in [0.25, 0.3) is 0 Å². The van der Waals surface area contributed by atoms with Gasteiger partial charge in [-0.05, 0) is 18.1 Å². The highest BCUT2D eigenvalue weighted by Crippen LogP contribution is 2.22. The third-order valence-electron chi connectivity index (χ3n) is 3.57. The molecule has 1 aliphatic carbocycles. The topological polar surface area (TPSA) is 102 Å². The molecule has 0 aliphatic heterocycles. The summed E-state index contributed by atoms with van der Waals surface area (Å²) in [5, 5.41) is 11.9. The Morgan fingerprint density at radius 3 is 2.64 bits per heavy atom. The number of hydrogen-bond donors (Lipinski definition) is 3. The zero-order valence-corrected chi connectivity index (χ0v) is 12.4. The van der Waals surface area contributed by atoms with Gasteiger partial charge >= 0.3 is 5.97 Å². The van der Waals surface area contributed by atoms with Gasteiger partial charge in [0.1, 0.15) is 0 Å². The molecule has 0 fully saturated rings. The predicted octanol–water partition coefficient (Wildman–Crippen LogP) is 0.819. The molecule has 1 aromatic rings. The van der Waals surface area contributed by atoms with Gasteiger partial charge in [0, 0.05) is 18.5 Å². The smallest absolute Gasteiger partial charge is 0.331 e. The molecule has 0 aromatic heterocycles. The summed E-state index contributed by atoms with van der Waals surface area (Å²) in [7, 11) is 0. The molecule has 0 heterocycles. The molecule has 0 spiro atoms. The van der Waals surface area contributed by atoms with Crippen molar-refractivity contribution in [3.05, 3.63) is 47.5 Å². The van der Waals surface area contributed by atoms with Crippen LogP contribution < -0.4 is 11.1 Å². The number of benzene rings is 1. The van der Waals surface area contributed by atoms with E-state index in [0.29, 0.717) is 6.61 Å². The maximum atomic E-state index is 11.3. The summed E-state index contributed by atoms with van der Waals surface area (Å²) in [5.74, 6) is -1.23. The fraction of sp³-hybridized carbons (Fsp3) is 0.375. The van der Waals surface area contributed by atoms with E-state index in [-0.39, 0.29) is 17.9 Å². The van der Waals surface area contributed by atoms with Crippen LogP contribution in [0.2, 0.25) is 0 Å². The summed E-state index contributed by atoms with van der Waals surface area (Å²) in [6.07, 6.45) is 1.17. The Balaban J connectivity index is 2.14. The fourth-order valence-corrected chi connectivity index (χ4v) is 2.50. The van der Waals surface area contributed by atoms with Crippen molar-refractivity contribution in [2.75, 3.05) is 0 Å². The van der Waals surface area contributed by atoms with Gasteiger partial charge in [0.15, 0.2) is 0 Å². The molecule has 0 saturated carbocycles. The van der Waals surface area contributed by atoms with Crippen LogP contribution in [0.3, 0.4) is 0 Å². The van der Waals surface area contributed by atoms with Gasteiger partial charge < -0.3 is 20.9 Å². The lowest BCUT2D eigenvalue weighted by atomic mass is 9.88. The average molecular weight is 304 g/mol. The number of nitrogens with two attached hydrogens (primary N) is 1. The van der Waals surface area contributed by atoms with Crippen molar-refractivity contribution in [3.63, 3.8) is 0 Å². The van der Waals surface area contributed by atoms with Crippen LogP contribution in [-0.4, -0.2) is 35.2 Å². The van der Waals surface area contributed by atoms with Gasteiger partial charge in [-0.15, -0.1) is 0 Å². The summed E-state index contributed by atoms with van der Waals surface area (Å²) < 4.78 is 5.80. The Hall–Kier alpha value is -2.18. The molecule has 0 radical (unpaired) electrons. The molecular weight excluding hydrogens is 284 g/mol. The van der Waals surface area contributed by atoms with Crippen LogP contribution in [0.25, 0.3) is 0 Å². The number of rotatable bonds is 5. The Bertz CT molecular complexity index is 571. The number of carbonyl (C=O) groups is 2. The Labute approximate surface area is 129 Å². The molecule has 118 valence electrons. The second kappa shape index (κ2) is 7.20. The second-order valence-electron chi connectivity index (χ2n) is 5.35. The molecule has 0 saturated heterocycles. The summed E-state index contributed by atoms with van der Waals surface area (Å²) >= 11 is 0. The number of aliphatic carboxylic acids is 1. The van der Waals surface area contributed by atoms with Crippen molar-refractivity contribution >= 4 is 11.9 Å². The van der Waals surface area contributed by atoms with E-state index >= 15 is 0 Å². The van der Waals surface area contributed by atoms with Gasteiger partial charge in [-0.2, -0.15) is 0 Å². The summed E-state index contributed by atoms with van der Waals surface area (Å²) in [6, 6.07) is 8.59. The van der Waals surface area contributed by atoms with E-state index in [2.05, 4.69) is 5.32 Å². The lowest BCUT2D eigenvalue weighted by Gasteiger charge is -2.34. The van der Waals surface area contributed by atoms with Gasteiger partial charge in [0.05, 0.1) is 18.8 Å². The number of ether oxygens (including phenoxy) is 1. The summed E-state index contributed by atoms with van der Waals surface area (Å²) in [4.78, 5) is 22.5. The molecule has 0 unspecified atom stereocenters. The highest BCUT2D eigenvalue weighted by Gasteiger charge is 2.34. The lowest BCUT2D eigenvalue weighted by Crippen LogP contribution is -2.56. The molecule has 1 amide bonds. The number of carbonyl (C=O) groups excluding carboxylic acids is 1. The normalized spacial score (nSPS) is 24.5. The van der Waals surface area contributed by atoms with E-state index in [1.807, 2.05) is 30.3 Å². The first-order chi connectivity index (χ1) is 10.5. The third-order valence-corrected chi connectivity index (χ3v) is 3.57. The zero-order valence-electron chi connectivity index (χ0n) is 12.4. The van der Waals surface area contributed by atoms with Crippen molar-refractivity contribution in [1.82, 2.24) is 5.32 Å². The van der Waals surface area contributed by atoms with Crippen molar-refractivity contribution in [2.24, 2.45) is 5.73 Å². The SMILES string of the molecule is CC(=O)N[C@@H]1[C@@H](N)CC(C(=O)O)=C[C@H]1OCc1ccccc1. The molecule has 22 heavy (non-hydrogen) atoms. The van der Waals surface area contributed by atoms with Crippen LogP contribution in [-0.2, 0) is 20.9 Å². The van der Waals surface area contributed by atoms with Crippen LogP contribution in [0.4, 0.5) is 0 Å². The monoisotopic (exact) mass is 304 g/mol. The van der Waals surface area contributed by atoms with Crippen LogP contribution in [0.1, 0.15) is 18.9 Å². The van der Waals surface area contributed by atoms with Crippen LogP contribution >= 0.6 is 0 Å². The van der Waals surface area contributed by atoms with E-state index in [1.165, 1.54) is 13.0 Å².